The molecule has 0 aromatic carbocycles. The number of anilines is 1. The van der Waals surface area contributed by atoms with E-state index in [1.54, 1.807) is 35.8 Å². The minimum atomic E-state index is -0.283. The van der Waals surface area contributed by atoms with E-state index in [0.29, 0.717) is 38.4 Å². The number of rotatable bonds is 3. The average molecular weight is 295 g/mol. The third-order valence-electron chi connectivity index (χ3n) is 3.31. The van der Waals surface area contributed by atoms with Crippen molar-refractivity contribution < 1.29 is 14.3 Å². The summed E-state index contributed by atoms with van der Waals surface area (Å²) >= 11 is 0. The van der Waals surface area contributed by atoms with Crippen molar-refractivity contribution in [2.75, 3.05) is 25.0 Å². The molecule has 0 radical (unpaired) electrons. The summed E-state index contributed by atoms with van der Waals surface area (Å²) in [4.78, 5) is 25.1. The SMILES string of the molecule is CCOC(=O)N1CCC(NC(=O)Nc2ccn(C)n2)CC1. The number of likely N-dealkylation sites (tertiary alicyclic amines) is 1. The molecule has 3 amide bonds. The minimum Gasteiger partial charge on any atom is -0.450 e. The molecule has 2 heterocycles. The molecule has 1 aliphatic heterocycles. The molecule has 1 aromatic heterocycles. The van der Waals surface area contributed by atoms with Crippen LogP contribution in [0.1, 0.15) is 19.8 Å². The normalized spacial score (nSPS) is 15.6. The molecule has 0 spiro atoms. The Hall–Kier alpha value is -2.25. The van der Waals surface area contributed by atoms with Crippen molar-refractivity contribution in [2.45, 2.75) is 25.8 Å². The van der Waals surface area contributed by atoms with Crippen LogP contribution in [0.25, 0.3) is 0 Å². The number of amides is 3. The van der Waals surface area contributed by atoms with Crippen LogP contribution in [0.5, 0.6) is 0 Å². The van der Waals surface area contributed by atoms with Gasteiger partial charge in [-0.05, 0) is 19.8 Å². The number of nitrogens with zero attached hydrogens (tertiary/aromatic N) is 3. The lowest BCUT2D eigenvalue weighted by atomic mass is 10.1. The minimum absolute atomic E-state index is 0.0550. The Morgan fingerprint density at radius 1 is 1.43 bits per heavy atom. The van der Waals surface area contributed by atoms with E-state index in [9.17, 15) is 9.59 Å². The van der Waals surface area contributed by atoms with Crippen molar-refractivity contribution in [3.63, 3.8) is 0 Å². The molecule has 0 unspecified atom stereocenters. The van der Waals surface area contributed by atoms with E-state index in [-0.39, 0.29) is 18.2 Å². The van der Waals surface area contributed by atoms with Crippen molar-refractivity contribution in [1.29, 1.82) is 0 Å². The molecule has 1 aliphatic rings. The van der Waals surface area contributed by atoms with Crippen LogP contribution in [0.3, 0.4) is 0 Å². The molecule has 2 N–H and O–H groups in total. The van der Waals surface area contributed by atoms with Crippen LogP contribution in [-0.4, -0.2) is 52.5 Å². The van der Waals surface area contributed by atoms with Gasteiger partial charge in [-0.15, -0.1) is 0 Å². The van der Waals surface area contributed by atoms with Gasteiger partial charge in [0.05, 0.1) is 6.61 Å². The first kappa shape index (κ1) is 15.1. The third kappa shape index (κ3) is 4.37. The van der Waals surface area contributed by atoms with Gasteiger partial charge in [-0.1, -0.05) is 0 Å². The fraction of sp³-hybridized carbons (Fsp3) is 0.615. The second kappa shape index (κ2) is 6.96. The third-order valence-corrected chi connectivity index (χ3v) is 3.31. The van der Waals surface area contributed by atoms with Crippen LogP contribution in [0.15, 0.2) is 12.3 Å². The summed E-state index contributed by atoms with van der Waals surface area (Å²) < 4.78 is 6.57. The van der Waals surface area contributed by atoms with Gasteiger partial charge < -0.3 is 15.0 Å². The molecule has 116 valence electrons. The molecule has 0 aliphatic carbocycles. The zero-order valence-electron chi connectivity index (χ0n) is 12.3. The van der Waals surface area contributed by atoms with E-state index in [4.69, 9.17) is 4.74 Å². The number of aromatic nitrogens is 2. The number of aryl methyl sites for hydroxylation is 1. The molecule has 0 bridgehead atoms. The lowest BCUT2D eigenvalue weighted by molar-refractivity contribution is 0.0959. The number of ether oxygens (including phenoxy) is 1. The molecule has 1 saturated heterocycles. The Labute approximate surface area is 123 Å². The molecule has 1 aromatic rings. The first-order valence-corrected chi connectivity index (χ1v) is 7.07. The lowest BCUT2D eigenvalue weighted by Gasteiger charge is -2.31. The fourth-order valence-corrected chi connectivity index (χ4v) is 2.24. The van der Waals surface area contributed by atoms with Crippen molar-refractivity contribution in [3.05, 3.63) is 12.3 Å². The Morgan fingerprint density at radius 2 is 2.14 bits per heavy atom. The van der Waals surface area contributed by atoms with E-state index < -0.39 is 0 Å². The van der Waals surface area contributed by atoms with Gasteiger partial charge >= 0.3 is 12.1 Å². The number of carbonyl (C=O) groups excluding carboxylic acids is 2. The maximum atomic E-state index is 11.8. The average Bonchev–Trinajstić information content (AvgIpc) is 2.85. The monoisotopic (exact) mass is 295 g/mol. The summed E-state index contributed by atoms with van der Waals surface area (Å²) in [6, 6.07) is 1.51. The summed E-state index contributed by atoms with van der Waals surface area (Å²) in [6.45, 7) is 3.35. The van der Waals surface area contributed by atoms with E-state index in [0.717, 1.165) is 0 Å². The summed E-state index contributed by atoms with van der Waals surface area (Å²) in [5.41, 5.74) is 0. The maximum absolute atomic E-state index is 11.8. The quantitative estimate of drug-likeness (QED) is 0.876. The number of hydrogen-bond donors (Lipinski definition) is 2. The molecule has 8 nitrogen and oxygen atoms in total. The zero-order valence-corrected chi connectivity index (χ0v) is 12.3. The topological polar surface area (TPSA) is 88.5 Å². The number of nitrogens with one attached hydrogen (secondary N) is 2. The predicted molar refractivity (Wildman–Crippen MR) is 77.0 cm³/mol. The van der Waals surface area contributed by atoms with Crippen LogP contribution in [0.4, 0.5) is 15.4 Å². The molecule has 0 saturated carbocycles. The smallest absolute Gasteiger partial charge is 0.409 e. The first-order chi connectivity index (χ1) is 10.1. The zero-order chi connectivity index (χ0) is 15.2. The van der Waals surface area contributed by atoms with Gasteiger partial charge in [-0.3, -0.25) is 10.00 Å². The molecular formula is C13H21N5O3. The Kier molecular flexibility index (Phi) is 5.02. The highest BCUT2D eigenvalue weighted by molar-refractivity contribution is 5.88. The van der Waals surface area contributed by atoms with E-state index in [1.807, 2.05) is 0 Å². The van der Waals surface area contributed by atoms with Crippen molar-refractivity contribution in [2.24, 2.45) is 7.05 Å². The number of piperidine rings is 1. The van der Waals surface area contributed by atoms with Crippen molar-refractivity contribution >= 4 is 17.9 Å². The fourth-order valence-electron chi connectivity index (χ4n) is 2.24. The molecule has 2 rings (SSSR count). The van der Waals surface area contributed by atoms with Crippen LogP contribution in [0.2, 0.25) is 0 Å². The second-order valence-corrected chi connectivity index (χ2v) is 4.93. The second-order valence-electron chi connectivity index (χ2n) is 4.93. The molecule has 0 atom stereocenters. The molecular weight excluding hydrogens is 274 g/mol. The number of urea groups is 1. The summed E-state index contributed by atoms with van der Waals surface area (Å²) in [5, 5.41) is 9.64. The molecule has 21 heavy (non-hydrogen) atoms. The summed E-state index contributed by atoms with van der Waals surface area (Å²) in [6.07, 6.45) is 2.91. The maximum Gasteiger partial charge on any atom is 0.409 e. The van der Waals surface area contributed by atoms with Crippen LogP contribution in [-0.2, 0) is 11.8 Å². The van der Waals surface area contributed by atoms with Crippen LogP contribution < -0.4 is 10.6 Å². The van der Waals surface area contributed by atoms with Crippen molar-refractivity contribution in [1.82, 2.24) is 20.0 Å². The lowest BCUT2D eigenvalue weighted by Crippen LogP contribution is -2.47. The Bertz CT molecular complexity index is 494. The Balaban J connectivity index is 1.73. The largest absolute Gasteiger partial charge is 0.450 e. The standard InChI is InChI=1S/C13H21N5O3/c1-3-21-13(20)18-8-4-10(5-9-18)14-12(19)15-11-6-7-17(2)16-11/h6-7,10H,3-5,8-9H2,1-2H3,(H2,14,15,16,19). The van der Waals surface area contributed by atoms with Gasteiger partial charge in [0.25, 0.3) is 0 Å². The number of carbonyl (C=O) groups is 2. The van der Waals surface area contributed by atoms with Gasteiger partial charge in [-0.25, -0.2) is 9.59 Å². The highest BCUT2D eigenvalue weighted by atomic mass is 16.6. The van der Waals surface area contributed by atoms with E-state index in [2.05, 4.69) is 15.7 Å². The summed E-state index contributed by atoms with van der Waals surface area (Å²) in [5.74, 6) is 0.513. The first-order valence-electron chi connectivity index (χ1n) is 7.07. The highest BCUT2D eigenvalue weighted by Crippen LogP contribution is 2.12. The van der Waals surface area contributed by atoms with Gasteiger partial charge in [0, 0.05) is 38.4 Å². The van der Waals surface area contributed by atoms with Crippen molar-refractivity contribution in [3.8, 4) is 0 Å². The van der Waals surface area contributed by atoms with Crippen LogP contribution in [0, 0.1) is 0 Å². The van der Waals surface area contributed by atoms with E-state index >= 15 is 0 Å². The molecule has 1 fully saturated rings. The predicted octanol–water partition coefficient (Wildman–Crippen LogP) is 1.16. The van der Waals surface area contributed by atoms with Gasteiger partial charge in [-0.2, -0.15) is 5.10 Å². The highest BCUT2D eigenvalue weighted by Gasteiger charge is 2.24. The van der Waals surface area contributed by atoms with Gasteiger partial charge in [0.2, 0.25) is 0 Å². The van der Waals surface area contributed by atoms with Gasteiger partial charge in [0.1, 0.15) is 0 Å². The van der Waals surface area contributed by atoms with E-state index in [1.165, 1.54) is 0 Å². The van der Waals surface area contributed by atoms with Gasteiger partial charge in [0.15, 0.2) is 5.82 Å². The summed E-state index contributed by atoms with van der Waals surface area (Å²) in [7, 11) is 1.79. The Morgan fingerprint density at radius 3 is 2.71 bits per heavy atom. The molecule has 8 heteroatoms. The van der Waals surface area contributed by atoms with Crippen LogP contribution >= 0.6 is 0 Å². The number of hydrogen-bond acceptors (Lipinski definition) is 4.